The van der Waals surface area contributed by atoms with Gasteiger partial charge in [-0.1, -0.05) is 34.1 Å². The standard InChI is InChI=1S/C15H21BrO3/c1-2-18-15(17)10-4-3-7-11-19-14-9-6-5-8-13(14)12-16/h5-6,8-9H,2-4,7,10-12H2,1H3. The van der Waals surface area contributed by atoms with Gasteiger partial charge >= 0.3 is 5.97 Å². The van der Waals surface area contributed by atoms with Crippen LogP contribution in [0.1, 0.15) is 38.2 Å². The highest BCUT2D eigenvalue weighted by Gasteiger charge is 2.02. The highest BCUT2D eigenvalue weighted by Crippen LogP contribution is 2.20. The Kier molecular flexibility index (Phi) is 8.30. The molecule has 0 radical (unpaired) electrons. The monoisotopic (exact) mass is 328 g/mol. The number of halogens is 1. The first-order valence-corrected chi connectivity index (χ1v) is 7.82. The van der Waals surface area contributed by atoms with Crippen molar-refractivity contribution in [3.63, 3.8) is 0 Å². The molecule has 0 aliphatic carbocycles. The number of ether oxygens (including phenoxy) is 2. The molecule has 106 valence electrons. The molecule has 0 aliphatic heterocycles. The van der Waals surface area contributed by atoms with Crippen molar-refractivity contribution in [1.82, 2.24) is 0 Å². The lowest BCUT2D eigenvalue weighted by molar-refractivity contribution is -0.143. The molecular weight excluding hydrogens is 308 g/mol. The summed E-state index contributed by atoms with van der Waals surface area (Å²) in [4.78, 5) is 11.1. The first-order chi connectivity index (χ1) is 9.27. The van der Waals surface area contributed by atoms with Crippen molar-refractivity contribution in [3.8, 4) is 5.75 Å². The number of benzene rings is 1. The first-order valence-electron chi connectivity index (χ1n) is 6.70. The van der Waals surface area contributed by atoms with Gasteiger partial charge in [-0.25, -0.2) is 0 Å². The Hall–Kier alpha value is -1.03. The number of hydrogen-bond acceptors (Lipinski definition) is 3. The van der Waals surface area contributed by atoms with Gasteiger partial charge in [0.2, 0.25) is 0 Å². The molecule has 0 aromatic heterocycles. The van der Waals surface area contributed by atoms with Gasteiger partial charge in [0, 0.05) is 17.3 Å². The molecule has 0 unspecified atom stereocenters. The van der Waals surface area contributed by atoms with E-state index in [4.69, 9.17) is 9.47 Å². The third-order valence-electron chi connectivity index (χ3n) is 2.70. The predicted molar refractivity (Wildman–Crippen MR) is 79.7 cm³/mol. The molecule has 1 aromatic rings. The molecule has 0 spiro atoms. The second-order valence-corrected chi connectivity index (χ2v) is 4.77. The minimum atomic E-state index is -0.104. The molecule has 0 N–H and O–H groups in total. The Balaban J connectivity index is 2.12. The zero-order valence-electron chi connectivity index (χ0n) is 11.4. The number of rotatable bonds is 9. The van der Waals surface area contributed by atoms with Crippen molar-refractivity contribution in [3.05, 3.63) is 29.8 Å². The van der Waals surface area contributed by atoms with Crippen LogP contribution in [0.15, 0.2) is 24.3 Å². The Bertz CT molecular complexity index is 379. The third kappa shape index (κ3) is 6.62. The summed E-state index contributed by atoms with van der Waals surface area (Å²) in [6, 6.07) is 8.01. The predicted octanol–water partition coefficient (Wildman–Crippen LogP) is 4.08. The molecule has 1 rings (SSSR count). The van der Waals surface area contributed by atoms with E-state index in [-0.39, 0.29) is 5.97 Å². The van der Waals surface area contributed by atoms with Gasteiger partial charge in [-0.2, -0.15) is 0 Å². The van der Waals surface area contributed by atoms with Crippen LogP contribution in [-0.4, -0.2) is 19.2 Å². The molecule has 0 saturated heterocycles. The largest absolute Gasteiger partial charge is 0.493 e. The minimum Gasteiger partial charge on any atom is -0.493 e. The van der Waals surface area contributed by atoms with Crippen molar-refractivity contribution < 1.29 is 14.3 Å². The first kappa shape index (κ1) is 16.0. The quantitative estimate of drug-likeness (QED) is 0.389. The van der Waals surface area contributed by atoms with Crippen LogP contribution in [0.3, 0.4) is 0 Å². The molecule has 0 atom stereocenters. The number of unbranched alkanes of at least 4 members (excludes halogenated alkanes) is 2. The summed E-state index contributed by atoms with van der Waals surface area (Å²) in [6.07, 6.45) is 3.30. The number of alkyl halides is 1. The zero-order valence-corrected chi connectivity index (χ0v) is 12.9. The summed E-state index contributed by atoms with van der Waals surface area (Å²) >= 11 is 3.44. The number of esters is 1. The fraction of sp³-hybridized carbons (Fsp3) is 0.533. The normalized spacial score (nSPS) is 10.2. The van der Waals surface area contributed by atoms with E-state index in [2.05, 4.69) is 15.9 Å². The molecule has 0 saturated carbocycles. The van der Waals surface area contributed by atoms with Gasteiger partial charge in [0.15, 0.2) is 0 Å². The maximum atomic E-state index is 11.1. The second-order valence-electron chi connectivity index (χ2n) is 4.21. The van der Waals surface area contributed by atoms with Crippen molar-refractivity contribution in [2.75, 3.05) is 13.2 Å². The van der Waals surface area contributed by atoms with Crippen LogP contribution in [0.4, 0.5) is 0 Å². The molecule has 0 fully saturated rings. The van der Waals surface area contributed by atoms with Crippen LogP contribution in [-0.2, 0) is 14.9 Å². The molecule has 3 nitrogen and oxygen atoms in total. The second kappa shape index (κ2) is 9.84. The van der Waals surface area contributed by atoms with Gasteiger partial charge in [-0.3, -0.25) is 4.79 Å². The van der Waals surface area contributed by atoms with Crippen LogP contribution in [0.5, 0.6) is 5.75 Å². The molecule has 19 heavy (non-hydrogen) atoms. The van der Waals surface area contributed by atoms with Crippen molar-refractivity contribution in [2.24, 2.45) is 0 Å². The van der Waals surface area contributed by atoms with E-state index in [1.165, 1.54) is 0 Å². The third-order valence-corrected chi connectivity index (χ3v) is 3.31. The van der Waals surface area contributed by atoms with E-state index in [1.54, 1.807) is 0 Å². The molecular formula is C15H21BrO3. The lowest BCUT2D eigenvalue weighted by atomic mass is 10.2. The van der Waals surface area contributed by atoms with Crippen molar-refractivity contribution >= 4 is 21.9 Å². The summed E-state index contributed by atoms with van der Waals surface area (Å²) in [5.41, 5.74) is 1.16. The van der Waals surface area contributed by atoms with Crippen LogP contribution in [0.2, 0.25) is 0 Å². The zero-order chi connectivity index (χ0) is 13.9. The molecule has 0 amide bonds. The van der Waals surface area contributed by atoms with Gasteiger partial charge in [0.1, 0.15) is 5.75 Å². The van der Waals surface area contributed by atoms with Crippen LogP contribution < -0.4 is 4.74 Å². The number of para-hydroxylation sites is 1. The molecule has 1 aromatic carbocycles. The van der Waals surface area contributed by atoms with Gasteiger partial charge < -0.3 is 9.47 Å². The number of carbonyl (C=O) groups excluding carboxylic acids is 1. The fourth-order valence-corrected chi connectivity index (χ4v) is 2.18. The average molecular weight is 329 g/mol. The summed E-state index contributed by atoms with van der Waals surface area (Å²) in [6.45, 7) is 2.98. The summed E-state index contributed by atoms with van der Waals surface area (Å²) < 4.78 is 10.6. The van der Waals surface area contributed by atoms with E-state index in [0.29, 0.717) is 19.6 Å². The van der Waals surface area contributed by atoms with E-state index < -0.39 is 0 Å². The number of carbonyl (C=O) groups is 1. The minimum absolute atomic E-state index is 0.104. The Morgan fingerprint density at radius 2 is 2.00 bits per heavy atom. The smallest absolute Gasteiger partial charge is 0.305 e. The molecule has 0 bridgehead atoms. The van der Waals surface area contributed by atoms with E-state index >= 15 is 0 Å². The van der Waals surface area contributed by atoms with E-state index in [0.717, 1.165) is 35.9 Å². The molecule has 0 aliphatic rings. The highest BCUT2D eigenvalue weighted by molar-refractivity contribution is 9.08. The van der Waals surface area contributed by atoms with Gasteiger partial charge in [0.05, 0.1) is 13.2 Å². The molecule has 4 heteroatoms. The van der Waals surface area contributed by atoms with Gasteiger partial charge in [-0.05, 0) is 32.3 Å². The SMILES string of the molecule is CCOC(=O)CCCCCOc1ccccc1CBr. The van der Waals surface area contributed by atoms with E-state index in [1.807, 2.05) is 31.2 Å². The van der Waals surface area contributed by atoms with Crippen molar-refractivity contribution in [2.45, 2.75) is 37.9 Å². The van der Waals surface area contributed by atoms with E-state index in [9.17, 15) is 4.79 Å². The van der Waals surface area contributed by atoms with Crippen LogP contribution >= 0.6 is 15.9 Å². The Morgan fingerprint density at radius 1 is 1.21 bits per heavy atom. The van der Waals surface area contributed by atoms with Crippen molar-refractivity contribution in [1.29, 1.82) is 0 Å². The maximum absolute atomic E-state index is 11.1. The lowest BCUT2D eigenvalue weighted by Gasteiger charge is -2.09. The summed E-state index contributed by atoms with van der Waals surface area (Å²) in [5, 5.41) is 0.798. The topological polar surface area (TPSA) is 35.5 Å². The van der Waals surface area contributed by atoms with Crippen LogP contribution in [0, 0.1) is 0 Å². The Morgan fingerprint density at radius 3 is 2.74 bits per heavy atom. The lowest BCUT2D eigenvalue weighted by Crippen LogP contribution is -2.04. The summed E-state index contributed by atoms with van der Waals surface area (Å²) in [7, 11) is 0. The Labute approximate surface area is 123 Å². The van der Waals surface area contributed by atoms with Gasteiger partial charge in [-0.15, -0.1) is 0 Å². The highest BCUT2D eigenvalue weighted by atomic mass is 79.9. The molecule has 0 heterocycles. The van der Waals surface area contributed by atoms with Crippen LogP contribution in [0.25, 0.3) is 0 Å². The average Bonchev–Trinajstić information content (AvgIpc) is 2.43. The number of hydrogen-bond donors (Lipinski definition) is 0. The fourth-order valence-electron chi connectivity index (χ4n) is 1.72. The van der Waals surface area contributed by atoms with Gasteiger partial charge in [0.25, 0.3) is 0 Å². The summed E-state index contributed by atoms with van der Waals surface area (Å²) in [5.74, 6) is 0.831. The maximum Gasteiger partial charge on any atom is 0.305 e.